The fourth-order valence-electron chi connectivity index (χ4n) is 1.23. The topological polar surface area (TPSA) is 58.2 Å². The molecule has 1 aromatic rings. The van der Waals surface area contributed by atoms with Gasteiger partial charge in [-0.3, -0.25) is 0 Å². The minimum absolute atomic E-state index is 0. The second-order valence-corrected chi connectivity index (χ2v) is 6.12. The van der Waals surface area contributed by atoms with E-state index in [9.17, 15) is 8.42 Å². The molecular formula is C11H18Cl2N2O2S. The van der Waals surface area contributed by atoms with Crippen LogP contribution in [0.2, 0.25) is 5.02 Å². The summed E-state index contributed by atoms with van der Waals surface area (Å²) in [4.78, 5) is 0.127. The average Bonchev–Trinajstić information content (AvgIpc) is 2.29. The first-order chi connectivity index (χ1) is 7.86. The Hall–Kier alpha value is -0.330. The molecule has 7 heteroatoms. The van der Waals surface area contributed by atoms with E-state index in [-0.39, 0.29) is 28.4 Å². The van der Waals surface area contributed by atoms with Gasteiger partial charge in [-0.25, -0.2) is 13.1 Å². The van der Waals surface area contributed by atoms with Gasteiger partial charge in [-0.1, -0.05) is 17.7 Å². The Morgan fingerprint density at radius 1 is 1.39 bits per heavy atom. The van der Waals surface area contributed by atoms with E-state index in [1.807, 2.05) is 13.8 Å². The van der Waals surface area contributed by atoms with Crippen LogP contribution in [-0.2, 0) is 10.0 Å². The van der Waals surface area contributed by atoms with E-state index in [1.54, 1.807) is 25.2 Å². The number of aryl methyl sites for hydroxylation is 1. The molecular weight excluding hydrogens is 295 g/mol. The summed E-state index contributed by atoms with van der Waals surface area (Å²) in [7, 11) is -1.76. The van der Waals surface area contributed by atoms with Gasteiger partial charge >= 0.3 is 0 Å². The lowest BCUT2D eigenvalue weighted by Crippen LogP contribution is -2.37. The molecule has 0 spiro atoms. The zero-order chi connectivity index (χ0) is 13.1. The smallest absolute Gasteiger partial charge is 0.242 e. The Morgan fingerprint density at radius 3 is 2.56 bits per heavy atom. The van der Waals surface area contributed by atoms with Crippen molar-refractivity contribution >= 4 is 34.0 Å². The van der Waals surface area contributed by atoms with Gasteiger partial charge in [-0.2, -0.15) is 0 Å². The van der Waals surface area contributed by atoms with E-state index >= 15 is 0 Å². The van der Waals surface area contributed by atoms with Crippen molar-refractivity contribution in [2.24, 2.45) is 0 Å². The number of benzene rings is 1. The van der Waals surface area contributed by atoms with E-state index in [2.05, 4.69) is 10.0 Å². The van der Waals surface area contributed by atoms with Gasteiger partial charge in [-0.05, 0) is 38.6 Å². The van der Waals surface area contributed by atoms with Crippen molar-refractivity contribution in [2.45, 2.75) is 24.8 Å². The van der Waals surface area contributed by atoms with Gasteiger partial charge in [0.15, 0.2) is 0 Å². The number of halogens is 2. The van der Waals surface area contributed by atoms with Crippen LogP contribution in [0.3, 0.4) is 0 Å². The summed E-state index contributed by atoms with van der Waals surface area (Å²) in [5.41, 5.74) is 0.858. The van der Waals surface area contributed by atoms with Gasteiger partial charge in [0.05, 0.1) is 5.02 Å². The molecule has 1 aromatic carbocycles. The second kappa shape index (κ2) is 7.31. The van der Waals surface area contributed by atoms with Crippen LogP contribution in [0.15, 0.2) is 23.1 Å². The third kappa shape index (κ3) is 4.74. The number of hydrogen-bond donors (Lipinski definition) is 2. The number of hydrogen-bond acceptors (Lipinski definition) is 3. The van der Waals surface area contributed by atoms with Crippen LogP contribution in [0.25, 0.3) is 0 Å². The molecule has 1 rings (SSSR count). The maximum Gasteiger partial charge on any atom is 0.242 e. The zero-order valence-electron chi connectivity index (χ0n) is 10.5. The summed E-state index contributed by atoms with van der Waals surface area (Å²) in [5, 5.41) is 3.19. The molecule has 18 heavy (non-hydrogen) atoms. The monoisotopic (exact) mass is 312 g/mol. The first kappa shape index (κ1) is 17.7. The highest BCUT2D eigenvalue weighted by molar-refractivity contribution is 7.89. The van der Waals surface area contributed by atoms with Crippen LogP contribution < -0.4 is 10.0 Å². The lowest BCUT2D eigenvalue weighted by molar-refractivity contribution is 0.554. The molecule has 0 aliphatic carbocycles. The van der Waals surface area contributed by atoms with Crippen molar-refractivity contribution in [3.8, 4) is 0 Å². The van der Waals surface area contributed by atoms with Gasteiger partial charge in [0.25, 0.3) is 0 Å². The standard InChI is InChI=1S/C11H17ClN2O2S.ClH/c1-8-4-5-10(12)11(6-8)17(15,16)14-7-9(2)13-3;/h4-6,9,13-14H,7H2,1-3H3;1H. The third-order valence-corrected chi connectivity index (χ3v) is 4.35. The molecule has 0 radical (unpaired) electrons. The normalized spacial score (nSPS) is 12.9. The highest BCUT2D eigenvalue weighted by Gasteiger charge is 2.18. The summed E-state index contributed by atoms with van der Waals surface area (Å²) in [6.45, 7) is 4.04. The summed E-state index contributed by atoms with van der Waals surface area (Å²) in [5.74, 6) is 0. The van der Waals surface area contributed by atoms with Crippen molar-refractivity contribution in [1.29, 1.82) is 0 Å². The van der Waals surface area contributed by atoms with E-state index in [4.69, 9.17) is 11.6 Å². The van der Waals surface area contributed by atoms with E-state index in [1.165, 1.54) is 0 Å². The summed E-state index contributed by atoms with van der Waals surface area (Å²) < 4.78 is 26.5. The molecule has 0 amide bonds. The molecule has 4 nitrogen and oxygen atoms in total. The molecule has 0 aromatic heterocycles. The molecule has 0 aliphatic rings. The van der Waals surface area contributed by atoms with Crippen molar-refractivity contribution < 1.29 is 8.42 Å². The number of nitrogens with one attached hydrogen (secondary N) is 2. The Morgan fingerprint density at radius 2 is 2.00 bits per heavy atom. The molecule has 1 unspecified atom stereocenters. The zero-order valence-corrected chi connectivity index (χ0v) is 12.9. The second-order valence-electron chi connectivity index (χ2n) is 3.98. The van der Waals surface area contributed by atoms with Crippen molar-refractivity contribution in [2.75, 3.05) is 13.6 Å². The van der Waals surface area contributed by atoms with Gasteiger partial charge in [-0.15, -0.1) is 12.4 Å². The van der Waals surface area contributed by atoms with Gasteiger partial charge in [0, 0.05) is 12.6 Å². The highest BCUT2D eigenvalue weighted by Crippen LogP contribution is 2.22. The Kier molecular flexibility index (Phi) is 7.17. The lowest BCUT2D eigenvalue weighted by Gasteiger charge is -2.13. The van der Waals surface area contributed by atoms with Crippen LogP contribution in [-0.4, -0.2) is 28.1 Å². The molecule has 0 saturated heterocycles. The molecule has 1 atom stereocenters. The van der Waals surface area contributed by atoms with Crippen LogP contribution in [0.5, 0.6) is 0 Å². The summed E-state index contributed by atoms with van der Waals surface area (Å²) in [6, 6.07) is 4.99. The fourth-order valence-corrected chi connectivity index (χ4v) is 2.94. The Labute approximate surface area is 120 Å². The number of sulfonamides is 1. The maximum atomic E-state index is 12.0. The van der Waals surface area contributed by atoms with Crippen molar-refractivity contribution in [3.05, 3.63) is 28.8 Å². The van der Waals surface area contributed by atoms with Crippen LogP contribution in [0.1, 0.15) is 12.5 Å². The highest BCUT2D eigenvalue weighted by atomic mass is 35.5. The molecule has 0 heterocycles. The molecule has 2 N–H and O–H groups in total. The van der Waals surface area contributed by atoms with Crippen LogP contribution >= 0.6 is 24.0 Å². The minimum Gasteiger partial charge on any atom is -0.316 e. The predicted octanol–water partition coefficient (Wildman–Crippen LogP) is 1.96. The van der Waals surface area contributed by atoms with Crippen molar-refractivity contribution in [1.82, 2.24) is 10.0 Å². The maximum absolute atomic E-state index is 12.0. The summed E-state index contributed by atoms with van der Waals surface area (Å²) >= 11 is 5.90. The minimum atomic E-state index is -3.54. The number of rotatable bonds is 5. The van der Waals surface area contributed by atoms with Gasteiger partial charge in [0.2, 0.25) is 10.0 Å². The summed E-state index contributed by atoms with van der Waals surface area (Å²) in [6.07, 6.45) is 0. The lowest BCUT2D eigenvalue weighted by atomic mass is 10.2. The van der Waals surface area contributed by atoms with Crippen LogP contribution in [0.4, 0.5) is 0 Å². The van der Waals surface area contributed by atoms with Gasteiger partial charge < -0.3 is 5.32 Å². The quantitative estimate of drug-likeness (QED) is 0.873. The predicted molar refractivity (Wildman–Crippen MR) is 77.1 cm³/mol. The van der Waals surface area contributed by atoms with E-state index < -0.39 is 10.0 Å². The molecule has 104 valence electrons. The molecule has 0 fully saturated rings. The fraction of sp³-hybridized carbons (Fsp3) is 0.455. The average molecular weight is 313 g/mol. The Balaban J connectivity index is 0.00000289. The third-order valence-electron chi connectivity index (χ3n) is 2.45. The molecule has 0 aliphatic heterocycles. The van der Waals surface area contributed by atoms with E-state index in [0.717, 1.165) is 5.56 Å². The van der Waals surface area contributed by atoms with Crippen molar-refractivity contribution in [3.63, 3.8) is 0 Å². The first-order valence-electron chi connectivity index (χ1n) is 5.30. The van der Waals surface area contributed by atoms with Crippen LogP contribution in [0, 0.1) is 6.92 Å². The first-order valence-corrected chi connectivity index (χ1v) is 7.16. The van der Waals surface area contributed by atoms with Gasteiger partial charge in [0.1, 0.15) is 4.90 Å². The Bertz CT molecular complexity index is 492. The molecule has 0 saturated carbocycles. The SMILES string of the molecule is CNC(C)CNS(=O)(=O)c1cc(C)ccc1Cl.Cl. The largest absolute Gasteiger partial charge is 0.316 e. The molecule has 0 bridgehead atoms. The number of likely N-dealkylation sites (N-methyl/N-ethyl adjacent to an activating group) is 1. The van der Waals surface area contributed by atoms with E-state index in [0.29, 0.717) is 6.54 Å².